The first-order valence-electron chi connectivity index (χ1n) is 5.23. The molecule has 2 rings (SSSR count). The molecular formula is C12H7F4NO2S. The molecule has 0 aromatic heterocycles. The van der Waals surface area contributed by atoms with E-state index in [0.29, 0.717) is 12.1 Å². The summed E-state index contributed by atoms with van der Waals surface area (Å²) in [5, 5.41) is 0. The molecule has 2 aromatic rings. The SMILES string of the molecule is O=S(=O)(Nc1ccc(F)cc1)c1ccc(F)c(F)c1F. The molecule has 8 heteroatoms. The first kappa shape index (κ1) is 14.3. The van der Waals surface area contributed by atoms with Crippen LogP contribution in [0.1, 0.15) is 0 Å². The van der Waals surface area contributed by atoms with Gasteiger partial charge >= 0.3 is 0 Å². The second kappa shape index (κ2) is 5.12. The number of hydrogen-bond acceptors (Lipinski definition) is 2. The van der Waals surface area contributed by atoms with Crippen molar-refractivity contribution in [3.63, 3.8) is 0 Å². The van der Waals surface area contributed by atoms with Gasteiger partial charge in [0.25, 0.3) is 10.0 Å². The first-order chi connectivity index (χ1) is 9.31. The minimum absolute atomic E-state index is 0.0458. The maximum atomic E-state index is 13.4. The Bertz CT molecular complexity index is 745. The summed E-state index contributed by atoms with van der Waals surface area (Å²) in [6, 6.07) is 5.27. The van der Waals surface area contributed by atoms with Crippen LogP contribution in [0.25, 0.3) is 0 Å². The summed E-state index contributed by atoms with van der Waals surface area (Å²) in [5.41, 5.74) is -0.0458. The van der Waals surface area contributed by atoms with Gasteiger partial charge in [0.15, 0.2) is 17.5 Å². The minimum atomic E-state index is -4.45. The fourth-order valence-electron chi connectivity index (χ4n) is 1.44. The van der Waals surface area contributed by atoms with Crippen LogP contribution in [-0.4, -0.2) is 8.42 Å². The summed E-state index contributed by atoms with van der Waals surface area (Å²) in [6.07, 6.45) is 0. The lowest BCUT2D eigenvalue weighted by molar-refractivity contribution is 0.432. The molecule has 0 aliphatic rings. The van der Waals surface area contributed by atoms with E-state index in [0.717, 1.165) is 24.3 Å². The van der Waals surface area contributed by atoms with Gasteiger partial charge in [0.05, 0.1) is 0 Å². The molecule has 0 atom stereocenters. The zero-order valence-electron chi connectivity index (χ0n) is 9.70. The summed E-state index contributed by atoms with van der Waals surface area (Å²) in [6.45, 7) is 0. The third kappa shape index (κ3) is 2.74. The quantitative estimate of drug-likeness (QED) is 0.700. The van der Waals surface area contributed by atoms with E-state index in [4.69, 9.17) is 0 Å². The Balaban J connectivity index is 2.41. The van der Waals surface area contributed by atoms with Crippen LogP contribution in [-0.2, 0) is 10.0 Å². The summed E-state index contributed by atoms with van der Waals surface area (Å²) in [5.74, 6) is -5.79. The van der Waals surface area contributed by atoms with Crippen molar-refractivity contribution in [2.45, 2.75) is 4.90 Å². The number of halogens is 4. The van der Waals surface area contributed by atoms with Crippen LogP contribution in [0.5, 0.6) is 0 Å². The van der Waals surface area contributed by atoms with Crippen molar-refractivity contribution in [3.8, 4) is 0 Å². The van der Waals surface area contributed by atoms with Crippen LogP contribution in [0.15, 0.2) is 41.3 Å². The van der Waals surface area contributed by atoms with Crippen molar-refractivity contribution in [2.75, 3.05) is 4.72 Å². The molecule has 106 valence electrons. The lowest BCUT2D eigenvalue weighted by atomic mass is 10.3. The van der Waals surface area contributed by atoms with Gasteiger partial charge < -0.3 is 0 Å². The van der Waals surface area contributed by atoms with Crippen LogP contribution in [0, 0.1) is 23.3 Å². The predicted octanol–water partition coefficient (Wildman–Crippen LogP) is 3.04. The normalized spacial score (nSPS) is 11.4. The second-order valence-corrected chi connectivity index (χ2v) is 5.44. The minimum Gasteiger partial charge on any atom is -0.280 e. The molecule has 0 aliphatic heterocycles. The fourth-order valence-corrected chi connectivity index (χ4v) is 2.57. The lowest BCUT2D eigenvalue weighted by Crippen LogP contribution is -2.15. The molecule has 1 N–H and O–H groups in total. The van der Waals surface area contributed by atoms with Gasteiger partial charge in [-0.2, -0.15) is 0 Å². The fraction of sp³-hybridized carbons (Fsp3) is 0. The highest BCUT2D eigenvalue weighted by Crippen LogP contribution is 2.22. The zero-order chi connectivity index (χ0) is 14.9. The molecule has 3 nitrogen and oxygen atoms in total. The number of benzene rings is 2. The smallest absolute Gasteiger partial charge is 0.264 e. The highest BCUT2D eigenvalue weighted by Gasteiger charge is 2.24. The number of hydrogen-bond donors (Lipinski definition) is 1. The molecule has 0 fully saturated rings. The average Bonchev–Trinajstić information content (AvgIpc) is 2.38. The van der Waals surface area contributed by atoms with E-state index in [-0.39, 0.29) is 5.69 Å². The van der Waals surface area contributed by atoms with Crippen molar-refractivity contribution >= 4 is 15.7 Å². The summed E-state index contributed by atoms with van der Waals surface area (Å²) < 4.78 is 77.5. The van der Waals surface area contributed by atoms with Gasteiger partial charge in [0.1, 0.15) is 10.7 Å². The van der Waals surface area contributed by atoms with Crippen molar-refractivity contribution in [1.29, 1.82) is 0 Å². The highest BCUT2D eigenvalue weighted by atomic mass is 32.2. The Morgan fingerprint density at radius 2 is 1.40 bits per heavy atom. The van der Waals surface area contributed by atoms with Gasteiger partial charge in [-0.05, 0) is 36.4 Å². The Morgan fingerprint density at radius 1 is 0.800 bits per heavy atom. The monoisotopic (exact) mass is 305 g/mol. The molecular weight excluding hydrogens is 298 g/mol. The first-order valence-corrected chi connectivity index (χ1v) is 6.71. The van der Waals surface area contributed by atoms with Gasteiger partial charge in [-0.25, -0.2) is 26.0 Å². The number of nitrogens with one attached hydrogen (secondary N) is 1. The van der Waals surface area contributed by atoms with Crippen molar-refractivity contribution in [3.05, 3.63) is 59.7 Å². The van der Waals surface area contributed by atoms with E-state index in [9.17, 15) is 26.0 Å². The molecule has 0 aliphatic carbocycles. The highest BCUT2D eigenvalue weighted by molar-refractivity contribution is 7.92. The largest absolute Gasteiger partial charge is 0.280 e. The van der Waals surface area contributed by atoms with E-state index in [1.165, 1.54) is 0 Å². The molecule has 0 bridgehead atoms. The molecule has 2 aromatic carbocycles. The Kier molecular flexibility index (Phi) is 3.67. The van der Waals surface area contributed by atoms with E-state index in [1.807, 2.05) is 4.72 Å². The van der Waals surface area contributed by atoms with E-state index < -0.39 is 38.2 Å². The molecule has 0 amide bonds. The molecule has 0 heterocycles. The van der Waals surface area contributed by atoms with Crippen molar-refractivity contribution < 1.29 is 26.0 Å². The van der Waals surface area contributed by atoms with E-state index in [1.54, 1.807) is 0 Å². The van der Waals surface area contributed by atoms with Gasteiger partial charge in [0, 0.05) is 5.69 Å². The van der Waals surface area contributed by atoms with Crippen LogP contribution in [0.2, 0.25) is 0 Å². The van der Waals surface area contributed by atoms with Crippen LogP contribution < -0.4 is 4.72 Å². The topological polar surface area (TPSA) is 46.2 Å². The molecule has 0 spiro atoms. The van der Waals surface area contributed by atoms with Crippen molar-refractivity contribution in [1.82, 2.24) is 0 Å². The van der Waals surface area contributed by atoms with Gasteiger partial charge in [-0.1, -0.05) is 0 Å². The predicted molar refractivity (Wildman–Crippen MR) is 63.5 cm³/mol. The third-order valence-corrected chi connectivity index (χ3v) is 3.78. The Hall–Kier alpha value is -2.09. The molecule has 0 unspecified atom stereocenters. The van der Waals surface area contributed by atoms with E-state index in [2.05, 4.69) is 0 Å². The average molecular weight is 305 g/mol. The Labute approximate surface area is 111 Å². The molecule has 0 radical (unpaired) electrons. The molecule has 0 saturated heterocycles. The molecule has 20 heavy (non-hydrogen) atoms. The standard InChI is InChI=1S/C12H7F4NO2S/c13-7-1-3-8(4-2-7)17-20(18,19)10-6-5-9(14)11(15)12(10)16/h1-6,17H. The second-order valence-electron chi connectivity index (χ2n) is 3.79. The maximum Gasteiger partial charge on any atom is 0.264 e. The van der Waals surface area contributed by atoms with Crippen LogP contribution in [0.4, 0.5) is 23.2 Å². The third-order valence-electron chi connectivity index (χ3n) is 2.39. The summed E-state index contributed by atoms with van der Waals surface area (Å²) in [4.78, 5) is -1.04. The van der Waals surface area contributed by atoms with E-state index >= 15 is 0 Å². The Morgan fingerprint density at radius 3 is 2.00 bits per heavy atom. The number of anilines is 1. The van der Waals surface area contributed by atoms with Gasteiger partial charge in [-0.3, -0.25) is 4.72 Å². The summed E-state index contributed by atoms with van der Waals surface area (Å²) in [7, 11) is -4.45. The van der Waals surface area contributed by atoms with Gasteiger partial charge in [-0.15, -0.1) is 0 Å². The van der Waals surface area contributed by atoms with Crippen molar-refractivity contribution in [2.24, 2.45) is 0 Å². The zero-order valence-corrected chi connectivity index (χ0v) is 10.5. The number of sulfonamides is 1. The molecule has 0 saturated carbocycles. The maximum absolute atomic E-state index is 13.4. The van der Waals surface area contributed by atoms with Gasteiger partial charge in [0.2, 0.25) is 0 Å². The summed E-state index contributed by atoms with van der Waals surface area (Å²) >= 11 is 0. The number of rotatable bonds is 3. The van der Waals surface area contributed by atoms with Crippen LogP contribution >= 0.6 is 0 Å². The lowest BCUT2D eigenvalue weighted by Gasteiger charge is -2.09. The van der Waals surface area contributed by atoms with Crippen LogP contribution in [0.3, 0.4) is 0 Å².